The number of aromatic nitrogens is 3. The molecule has 3 rings (SSSR count). The number of hydrogen-bond donors (Lipinski definition) is 1. The van der Waals surface area contributed by atoms with Crippen LogP contribution in [0.3, 0.4) is 0 Å². The number of primary amides is 1. The van der Waals surface area contributed by atoms with Crippen molar-refractivity contribution in [1.82, 2.24) is 14.8 Å². The molecule has 0 unspecified atom stereocenters. The summed E-state index contributed by atoms with van der Waals surface area (Å²) in [5, 5.41) is 10.9. The summed E-state index contributed by atoms with van der Waals surface area (Å²) in [6.45, 7) is 0.345. The normalized spacial score (nSPS) is 10.7. The van der Waals surface area contributed by atoms with Crippen LogP contribution in [0.4, 0.5) is 0 Å². The highest BCUT2D eigenvalue weighted by Crippen LogP contribution is 2.30. The van der Waals surface area contributed by atoms with Crippen molar-refractivity contribution in [1.29, 1.82) is 0 Å². The second kappa shape index (κ2) is 9.57. The van der Waals surface area contributed by atoms with E-state index in [0.717, 1.165) is 4.88 Å². The Bertz CT molecular complexity index is 1000. The average Bonchev–Trinajstić information content (AvgIpc) is 3.39. The molecule has 0 fully saturated rings. The van der Waals surface area contributed by atoms with E-state index in [1.54, 1.807) is 25.3 Å². The Morgan fingerprint density at radius 2 is 2.03 bits per heavy atom. The number of amides is 1. The number of rotatable bonds is 10. The van der Waals surface area contributed by atoms with Gasteiger partial charge < -0.3 is 19.8 Å². The first kappa shape index (κ1) is 20.9. The Kier molecular flexibility index (Phi) is 6.89. The smallest absolute Gasteiger partial charge is 0.219 e. The molecule has 152 valence electrons. The number of methoxy groups -OCH3 is 2. The molecule has 0 aliphatic heterocycles. The quantitative estimate of drug-likeness (QED) is 0.387. The third-order valence-corrected chi connectivity index (χ3v) is 5.91. The third kappa shape index (κ3) is 4.96. The summed E-state index contributed by atoms with van der Waals surface area (Å²) in [5.74, 6) is 1.32. The molecule has 2 N–H and O–H groups in total. The van der Waals surface area contributed by atoms with E-state index in [4.69, 9.17) is 15.2 Å². The van der Waals surface area contributed by atoms with Crippen LogP contribution in [0.15, 0.2) is 40.9 Å². The first-order valence-electron chi connectivity index (χ1n) is 8.67. The van der Waals surface area contributed by atoms with Crippen molar-refractivity contribution in [3.05, 3.63) is 41.3 Å². The molecule has 0 aliphatic rings. The monoisotopic (exact) mass is 432 g/mol. The summed E-state index contributed by atoms with van der Waals surface area (Å²) in [4.78, 5) is 24.9. The van der Waals surface area contributed by atoms with Gasteiger partial charge in [0, 0.05) is 19.0 Å². The van der Waals surface area contributed by atoms with Gasteiger partial charge in [-0.25, -0.2) is 0 Å². The number of ketones is 1. The lowest BCUT2D eigenvalue weighted by atomic mass is 10.1. The van der Waals surface area contributed by atoms with Crippen LogP contribution in [0, 0.1) is 0 Å². The molecule has 8 nitrogen and oxygen atoms in total. The van der Waals surface area contributed by atoms with E-state index in [9.17, 15) is 9.59 Å². The lowest BCUT2D eigenvalue weighted by Crippen LogP contribution is -2.15. The van der Waals surface area contributed by atoms with E-state index < -0.39 is 5.91 Å². The van der Waals surface area contributed by atoms with Gasteiger partial charge in [0.25, 0.3) is 0 Å². The van der Waals surface area contributed by atoms with Gasteiger partial charge >= 0.3 is 0 Å². The molecule has 1 amide bonds. The van der Waals surface area contributed by atoms with Gasteiger partial charge in [0.15, 0.2) is 16.8 Å². The van der Waals surface area contributed by atoms with Gasteiger partial charge in [-0.05, 0) is 23.6 Å². The molecule has 3 aromatic rings. The molecule has 2 heterocycles. The highest BCUT2D eigenvalue weighted by molar-refractivity contribution is 7.99. The molecule has 0 saturated carbocycles. The van der Waals surface area contributed by atoms with Crippen molar-refractivity contribution >= 4 is 34.8 Å². The molecule has 0 spiro atoms. The van der Waals surface area contributed by atoms with Crippen LogP contribution in [0.5, 0.6) is 11.5 Å². The molecule has 0 bridgehead atoms. The van der Waals surface area contributed by atoms with Crippen LogP contribution >= 0.6 is 23.1 Å². The zero-order valence-electron chi connectivity index (χ0n) is 16.0. The minimum atomic E-state index is -0.411. The van der Waals surface area contributed by atoms with Crippen molar-refractivity contribution in [3.63, 3.8) is 0 Å². The van der Waals surface area contributed by atoms with Crippen molar-refractivity contribution < 1.29 is 19.1 Å². The number of carbonyl (C=O) groups is 2. The Morgan fingerprint density at radius 1 is 1.21 bits per heavy atom. The third-order valence-electron chi connectivity index (χ3n) is 4.08. The van der Waals surface area contributed by atoms with Gasteiger partial charge in [-0.2, -0.15) is 0 Å². The molecular formula is C19H20N4O4S2. The number of hydrogen-bond acceptors (Lipinski definition) is 8. The fourth-order valence-corrected chi connectivity index (χ4v) is 4.21. The highest BCUT2D eigenvalue weighted by Gasteiger charge is 2.19. The SMILES string of the molecule is COc1ccc(C(=O)CSc2nnc(-c3cccs3)n2CCC(N)=O)c(OC)c1. The molecule has 29 heavy (non-hydrogen) atoms. The summed E-state index contributed by atoms with van der Waals surface area (Å²) in [5.41, 5.74) is 5.77. The van der Waals surface area contributed by atoms with Gasteiger partial charge in [0.1, 0.15) is 11.5 Å². The van der Waals surface area contributed by atoms with E-state index >= 15 is 0 Å². The van der Waals surface area contributed by atoms with E-state index in [1.807, 2.05) is 22.1 Å². The number of Topliss-reactive ketones (excluding diaryl/α,β-unsaturated/α-hetero) is 1. The van der Waals surface area contributed by atoms with Crippen LogP contribution < -0.4 is 15.2 Å². The zero-order valence-corrected chi connectivity index (χ0v) is 17.6. The predicted molar refractivity (Wildman–Crippen MR) is 112 cm³/mol. The predicted octanol–water partition coefficient (Wildman–Crippen LogP) is 2.87. The van der Waals surface area contributed by atoms with Crippen LogP contribution in [0.2, 0.25) is 0 Å². The van der Waals surface area contributed by atoms with E-state index in [-0.39, 0.29) is 18.0 Å². The average molecular weight is 433 g/mol. The summed E-state index contributed by atoms with van der Waals surface area (Å²) < 4.78 is 12.3. The maximum Gasteiger partial charge on any atom is 0.219 e. The van der Waals surface area contributed by atoms with Gasteiger partial charge in [-0.3, -0.25) is 9.59 Å². The number of nitrogens with two attached hydrogens (primary N) is 1. The molecular weight excluding hydrogens is 412 g/mol. The Morgan fingerprint density at radius 3 is 2.69 bits per heavy atom. The maximum atomic E-state index is 12.7. The van der Waals surface area contributed by atoms with Gasteiger partial charge in [0.05, 0.1) is 30.4 Å². The zero-order chi connectivity index (χ0) is 20.8. The summed E-state index contributed by atoms with van der Waals surface area (Å²) in [7, 11) is 3.06. The standard InChI is InChI=1S/C19H20N4O4S2/c1-26-12-5-6-13(15(10-12)27-2)14(24)11-29-19-22-21-18(16-4-3-9-28-16)23(19)8-7-17(20)25/h3-6,9-10H,7-8,11H2,1-2H3,(H2,20,25). The second-order valence-electron chi connectivity index (χ2n) is 5.93. The Labute approximate surface area is 176 Å². The summed E-state index contributed by atoms with van der Waals surface area (Å²) in [6, 6.07) is 8.90. The van der Waals surface area contributed by atoms with Crippen molar-refractivity contribution in [2.45, 2.75) is 18.1 Å². The summed E-state index contributed by atoms with van der Waals surface area (Å²) >= 11 is 2.78. The number of ether oxygens (including phenoxy) is 2. The number of carbonyl (C=O) groups excluding carboxylic acids is 2. The molecule has 0 saturated heterocycles. The van der Waals surface area contributed by atoms with E-state index in [0.29, 0.717) is 34.6 Å². The Balaban J connectivity index is 1.79. The number of nitrogens with zero attached hydrogens (tertiary/aromatic N) is 3. The fraction of sp³-hybridized carbons (Fsp3) is 0.263. The van der Waals surface area contributed by atoms with Crippen molar-refractivity contribution in [2.75, 3.05) is 20.0 Å². The molecule has 10 heteroatoms. The second-order valence-corrected chi connectivity index (χ2v) is 7.82. The fourth-order valence-electron chi connectivity index (χ4n) is 2.64. The Hall–Kier alpha value is -2.85. The highest BCUT2D eigenvalue weighted by atomic mass is 32.2. The maximum absolute atomic E-state index is 12.7. The molecule has 2 aromatic heterocycles. The lowest BCUT2D eigenvalue weighted by molar-refractivity contribution is -0.118. The van der Waals surface area contributed by atoms with E-state index in [1.165, 1.54) is 30.2 Å². The van der Waals surface area contributed by atoms with Crippen LogP contribution in [0.1, 0.15) is 16.8 Å². The first-order valence-corrected chi connectivity index (χ1v) is 10.5. The number of thioether (sulfide) groups is 1. The van der Waals surface area contributed by atoms with Crippen LogP contribution in [-0.4, -0.2) is 46.4 Å². The van der Waals surface area contributed by atoms with Crippen molar-refractivity contribution in [3.8, 4) is 22.2 Å². The lowest BCUT2D eigenvalue weighted by Gasteiger charge is -2.10. The molecule has 0 radical (unpaired) electrons. The number of benzene rings is 1. The van der Waals surface area contributed by atoms with Gasteiger partial charge in [-0.15, -0.1) is 21.5 Å². The minimum absolute atomic E-state index is 0.114. The van der Waals surface area contributed by atoms with Crippen molar-refractivity contribution in [2.24, 2.45) is 5.73 Å². The number of thiophene rings is 1. The first-order chi connectivity index (χ1) is 14.0. The van der Waals surface area contributed by atoms with Gasteiger partial charge in [-0.1, -0.05) is 17.8 Å². The minimum Gasteiger partial charge on any atom is -0.497 e. The largest absolute Gasteiger partial charge is 0.497 e. The molecule has 0 atom stereocenters. The molecule has 1 aromatic carbocycles. The van der Waals surface area contributed by atoms with Crippen LogP contribution in [0.25, 0.3) is 10.7 Å². The topological polar surface area (TPSA) is 109 Å². The van der Waals surface area contributed by atoms with Crippen LogP contribution in [-0.2, 0) is 11.3 Å². The van der Waals surface area contributed by atoms with E-state index in [2.05, 4.69) is 10.2 Å². The van der Waals surface area contributed by atoms with Gasteiger partial charge in [0.2, 0.25) is 5.91 Å². The summed E-state index contributed by atoms with van der Waals surface area (Å²) in [6.07, 6.45) is 0.157. The molecule has 0 aliphatic carbocycles.